The number of nitrogens with one attached hydrogen (secondary N) is 1. The second-order valence-corrected chi connectivity index (χ2v) is 4.62. The fourth-order valence-electron chi connectivity index (χ4n) is 2.37. The molecule has 1 aromatic rings. The van der Waals surface area contributed by atoms with Crippen molar-refractivity contribution in [1.82, 2.24) is 5.32 Å². The van der Waals surface area contributed by atoms with Gasteiger partial charge in [-0.05, 0) is 26.0 Å². The van der Waals surface area contributed by atoms with Gasteiger partial charge in [0.05, 0.1) is 11.5 Å². The van der Waals surface area contributed by atoms with Gasteiger partial charge in [0, 0.05) is 25.7 Å². The van der Waals surface area contributed by atoms with Crippen LogP contribution in [-0.4, -0.2) is 37.2 Å². The molecule has 6 heteroatoms. The molecule has 0 aliphatic carbocycles. The van der Waals surface area contributed by atoms with Crippen LogP contribution in [0, 0.1) is 10.1 Å². The van der Waals surface area contributed by atoms with Crippen molar-refractivity contribution in [2.24, 2.45) is 0 Å². The molecule has 0 unspecified atom stereocenters. The predicted molar refractivity (Wildman–Crippen MR) is 73.9 cm³/mol. The zero-order chi connectivity index (χ0) is 13.8. The summed E-state index contributed by atoms with van der Waals surface area (Å²) in [7, 11) is 0. The van der Waals surface area contributed by atoms with Crippen molar-refractivity contribution in [3.8, 4) is 5.75 Å². The Balaban J connectivity index is 2.38. The van der Waals surface area contributed by atoms with Gasteiger partial charge in [0.1, 0.15) is 5.69 Å². The maximum atomic E-state index is 11.3. The molecule has 19 heavy (non-hydrogen) atoms. The van der Waals surface area contributed by atoms with E-state index in [-0.39, 0.29) is 10.6 Å². The van der Waals surface area contributed by atoms with Gasteiger partial charge in [0.2, 0.25) is 0 Å². The predicted octanol–water partition coefficient (Wildman–Crippen LogP) is 1.79. The van der Waals surface area contributed by atoms with Gasteiger partial charge in [-0.15, -0.1) is 0 Å². The molecule has 1 heterocycles. The number of para-hydroxylation sites is 1. The molecule has 1 aliphatic heterocycles. The summed E-state index contributed by atoms with van der Waals surface area (Å²) >= 11 is 0. The molecule has 1 atom stereocenters. The lowest BCUT2D eigenvalue weighted by atomic mass is 10.1. The van der Waals surface area contributed by atoms with Crippen LogP contribution in [0.2, 0.25) is 0 Å². The van der Waals surface area contributed by atoms with Crippen LogP contribution >= 0.6 is 0 Å². The molecule has 2 rings (SSSR count). The number of benzene rings is 1. The third-order valence-electron chi connectivity index (χ3n) is 3.17. The van der Waals surface area contributed by atoms with E-state index in [1.807, 2.05) is 11.8 Å². The maximum Gasteiger partial charge on any atom is 0.333 e. The van der Waals surface area contributed by atoms with Crippen molar-refractivity contribution in [1.29, 1.82) is 0 Å². The molecule has 0 spiro atoms. The fourth-order valence-corrected chi connectivity index (χ4v) is 2.37. The summed E-state index contributed by atoms with van der Waals surface area (Å²) in [5.74, 6) is 0.344. The Labute approximate surface area is 112 Å². The lowest BCUT2D eigenvalue weighted by Crippen LogP contribution is -2.49. The Bertz CT molecular complexity index is 464. The van der Waals surface area contributed by atoms with E-state index in [2.05, 4.69) is 12.2 Å². The normalized spacial score (nSPS) is 19.3. The molecule has 1 aromatic carbocycles. The van der Waals surface area contributed by atoms with Crippen LogP contribution in [0.5, 0.6) is 5.75 Å². The number of hydrogen-bond acceptors (Lipinski definition) is 5. The number of nitro benzene ring substituents is 1. The molecular formula is C13H19N3O3. The minimum Gasteiger partial charge on any atom is -0.487 e. The molecular weight excluding hydrogens is 246 g/mol. The van der Waals surface area contributed by atoms with Gasteiger partial charge < -0.3 is 15.0 Å². The van der Waals surface area contributed by atoms with E-state index in [0.29, 0.717) is 24.1 Å². The molecule has 0 radical (unpaired) electrons. The SMILES string of the molecule is CCOc1cccc(N2CCN[C@H](C)C2)c1[N+](=O)[O-]. The minimum atomic E-state index is -0.354. The highest BCUT2D eigenvalue weighted by atomic mass is 16.6. The molecule has 0 amide bonds. The van der Waals surface area contributed by atoms with Gasteiger partial charge in [-0.1, -0.05) is 6.07 Å². The smallest absolute Gasteiger partial charge is 0.333 e. The molecule has 1 fully saturated rings. The Hall–Kier alpha value is -1.82. The Morgan fingerprint density at radius 2 is 2.37 bits per heavy atom. The van der Waals surface area contributed by atoms with Crippen molar-refractivity contribution in [2.45, 2.75) is 19.9 Å². The third-order valence-corrected chi connectivity index (χ3v) is 3.17. The number of nitro groups is 1. The first kappa shape index (κ1) is 13.6. The fraction of sp³-hybridized carbons (Fsp3) is 0.538. The van der Waals surface area contributed by atoms with Gasteiger partial charge in [0.15, 0.2) is 5.75 Å². The number of nitrogens with zero attached hydrogens (tertiary/aromatic N) is 2. The van der Waals surface area contributed by atoms with Crippen LogP contribution in [0.3, 0.4) is 0 Å². The quantitative estimate of drug-likeness (QED) is 0.664. The van der Waals surface area contributed by atoms with E-state index >= 15 is 0 Å². The summed E-state index contributed by atoms with van der Waals surface area (Å²) in [5.41, 5.74) is 0.711. The van der Waals surface area contributed by atoms with E-state index < -0.39 is 0 Å². The van der Waals surface area contributed by atoms with E-state index in [9.17, 15) is 10.1 Å². The van der Waals surface area contributed by atoms with E-state index in [1.54, 1.807) is 18.2 Å². The summed E-state index contributed by atoms with van der Waals surface area (Å²) < 4.78 is 5.37. The molecule has 0 bridgehead atoms. The molecule has 1 saturated heterocycles. The second-order valence-electron chi connectivity index (χ2n) is 4.62. The van der Waals surface area contributed by atoms with Gasteiger partial charge in [-0.25, -0.2) is 0 Å². The minimum absolute atomic E-state index is 0.0680. The standard InChI is InChI=1S/C13H19N3O3/c1-3-19-12-6-4-5-11(13(12)16(17)18)15-8-7-14-10(2)9-15/h4-6,10,14H,3,7-9H2,1-2H3/t10-/m1/s1. The van der Waals surface area contributed by atoms with Gasteiger partial charge in [-0.3, -0.25) is 10.1 Å². The number of ether oxygens (including phenoxy) is 1. The van der Waals surface area contributed by atoms with E-state index in [1.165, 1.54) is 0 Å². The summed E-state index contributed by atoms with van der Waals surface area (Å²) in [4.78, 5) is 13.0. The maximum absolute atomic E-state index is 11.3. The Morgan fingerprint density at radius 1 is 1.58 bits per heavy atom. The monoisotopic (exact) mass is 265 g/mol. The van der Waals surface area contributed by atoms with Crippen LogP contribution in [-0.2, 0) is 0 Å². The van der Waals surface area contributed by atoms with Crippen molar-refractivity contribution in [2.75, 3.05) is 31.1 Å². The number of rotatable bonds is 4. The lowest BCUT2D eigenvalue weighted by Gasteiger charge is -2.33. The van der Waals surface area contributed by atoms with Crippen LogP contribution in [0.15, 0.2) is 18.2 Å². The van der Waals surface area contributed by atoms with Gasteiger partial charge in [-0.2, -0.15) is 0 Å². The van der Waals surface area contributed by atoms with Gasteiger partial charge >= 0.3 is 5.69 Å². The molecule has 1 aliphatic rings. The molecule has 104 valence electrons. The number of anilines is 1. The first-order valence-corrected chi connectivity index (χ1v) is 6.52. The van der Waals surface area contributed by atoms with E-state index in [0.717, 1.165) is 19.6 Å². The average Bonchev–Trinajstić information content (AvgIpc) is 2.38. The topological polar surface area (TPSA) is 67.6 Å². The number of piperazine rings is 1. The average molecular weight is 265 g/mol. The summed E-state index contributed by atoms with van der Waals surface area (Å²) in [6, 6.07) is 5.57. The zero-order valence-corrected chi connectivity index (χ0v) is 11.3. The highest BCUT2D eigenvalue weighted by Crippen LogP contribution is 2.37. The highest BCUT2D eigenvalue weighted by molar-refractivity contribution is 5.70. The second kappa shape index (κ2) is 5.88. The molecule has 1 N–H and O–H groups in total. The van der Waals surface area contributed by atoms with Crippen molar-refractivity contribution in [3.05, 3.63) is 28.3 Å². The number of hydrogen-bond donors (Lipinski definition) is 1. The first-order chi connectivity index (χ1) is 9.13. The van der Waals surface area contributed by atoms with Crippen LogP contribution in [0.4, 0.5) is 11.4 Å². The van der Waals surface area contributed by atoms with E-state index in [4.69, 9.17) is 4.74 Å². The van der Waals surface area contributed by atoms with Gasteiger partial charge in [0.25, 0.3) is 0 Å². The van der Waals surface area contributed by atoms with Crippen LogP contribution in [0.1, 0.15) is 13.8 Å². The Morgan fingerprint density at radius 3 is 3.00 bits per heavy atom. The first-order valence-electron chi connectivity index (χ1n) is 6.52. The largest absolute Gasteiger partial charge is 0.487 e. The van der Waals surface area contributed by atoms with Crippen molar-refractivity contribution in [3.63, 3.8) is 0 Å². The lowest BCUT2D eigenvalue weighted by molar-refractivity contribution is -0.385. The molecule has 0 saturated carbocycles. The summed E-state index contributed by atoms with van der Waals surface area (Å²) in [5, 5.41) is 14.7. The van der Waals surface area contributed by atoms with Crippen LogP contribution in [0.25, 0.3) is 0 Å². The van der Waals surface area contributed by atoms with Crippen LogP contribution < -0.4 is 15.0 Å². The highest BCUT2D eigenvalue weighted by Gasteiger charge is 2.27. The van der Waals surface area contributed by atoms with Crippen molar-refractivity contribution < 1.29 is 9.66 Å². The molecule has 0 aromatic heterocycles. The third kappa shape index (κ3) is 2.96. The zero-order valence-electron chi connectivity index (χ0n) is 11.3. The summed E-state index contributed by atoms with van der Waals surface area (Å²) in [6.07, 6.45) is 0. The Kier molecular flexibility index (Phi) is 4.21. The summed E-state index contributed by atoms with van der Waals surface area (Å²) in [6.45, 7) is 6.67. The van der Waals surface area contributed by atoms with Crippen molar-refractivity contribution >= 4 is 11.4 Å². The molecule has 6 nitrogen and oxygen atoms in total.